The summed E-state index contributed by atoms with van der Waals surface area (Å²) in [5.74, 6) is 0.223. The molecule has 1 unspecified atom stereocenters. The van der Waals surface area contributed by atoms with Gasteiger partial charge in [0, 0.05) is 23.1 Å². The molecule has 0 saturated carbocycles. The Morgan fingerprint density at radius 2 is 1.76 bits per heavy atom. The molecular weight excluding hydrogens is 387 g/mol. The first-order valence-corrected chi connectivity index (χ1v) is 9.89. The van der Waals surface area contributed by atoms with Crippen molar-refractivity contribution in [2.45, 2.75) is 11.8 Å². The van der Waals surface area contributed by atoms with Crippen LogP contribution in [0, 0.1) is 5.82 Å². The second-order valence-electron chi connectivity index (χ2n) is 6.94. The molecule has 0 amide bonds. The molecule has 0 bridgehead atoms. The number of hydrogen-bond donors (Lipinski definition) is 1. The minimum absolute atomic E-state index is 0.246. The van der Waals surface area contributed by atoms with Crippen LogP contribution in [-0.2, 0) is 11.8 Å². The van der Waals surface area contributed by atoms with E-state index in [0.717, 1.165) is 39.8 Å². The van der Waals surface area contributed by atoms with Crippen LogP contribution in [0.4, 0.5) is 4.39 Å². The van der Waals surface area contributed by atoms with Crippen LogP contribution < -0.4 is 4.74 Å². The number of fused-ring (bicyclic) bond motifs is 1. The fraction of sp³-hybridized carbons (Fsp3) is 0.136. The summed E-state index contributed by atoms with van der Waals surface area (Å²) in [5, 5.41) is 7.68. The van der Waals surface area contributed by atoms with Gasteiger partial charge in [0.25, 0.3) is 5.88 Å². The molecule has 0 fully saturated rings. The van der Waals surface area contributed by atoms with Crippen LogP contribution in [0.1, 0.15) is 22.4 Å². The number of aromatic nitrogens is 4. The minimum Gasteiger partial charge on any atom is -0.479 e. The summed E-state index contributed by atoms with van der Waals surface area (Å²) >= 11 is 1.10. The van der Waals surface area contributed by atoms with Crippen LogP contribution in [0.15, 0.2) is 60.7 Å². The molecule has 144 valence electrons. The number of hydrogen-bond acceptors (Lipinski definition) is 5. The molecule has 1 aliphatic carbocycles. The highest BCUT2D eigenvalue weighted by atomic mass is 32.1. The first-order chi connectivity index (χ1) is 14.2. The van der Waals surface area contributed by atoms with Crippen LogP contribution in [-0.4, -0.2) is 26.1 Å². The van der Waals surface area contributed by atoms with Gasteiger partial charge in [0.2, 0.25) is 0 Å². The fourth-order valence-electron chi connectivity index (χ4n) is 3.95. The van der Waals surface area contributed by atoms with Gasteiger partial charge in [-0.3, -0.25) is 5.10 Å². The number of nitrogens with zero attached hydrogens (tertiary/aromatic N) is 3. The second-order valence-corrected chi connectivity index (χ2v) is 7.47. The van der Waals surface area contributed by atoms with Crippen molar-refractivity contribution in [2.24, 2.45) is 0 Å². The lowest BCUT2D eigenvalue weighted by atomic mass is 9.68. The van der Waals surface area contributed by atoms with E-state index in [1.165, 1.54) is 12.1 Å². The summed E-state index contributed by atoms with van der Waals surface area (Å²) in [6.45, 7) is 0. The van der Waals surface area contributed by atoms with Crippen molar-refractivity contribution in [3.8, 4) is 17.3 Å². The Hall–Kier alpha value is -3.32. The number of allylic oxidation sites excluding steroid dienone is 1. The van der Waals surface area contributed by atoms with Gasteiger partial charge in [-0.15, -0.1) is 4.37 Å². The Morgan fingerprint density at radius 1 is 1.00 bits per heavy atom. The number of halogens is 1. The van der Waals surface area contributed by atoms with Gasteiger partial charge in [-0.2, -0.15) is 9.47 Å². The van der Waals surface area contributed by atoms with Gasteiger partial charge in [-0.1, -0.05) is 54.6 Å². The Morgan fingerprint density at radius 3 is 2.52 bits per heavy atom. The van der Waals surface area contributed by atoms with Crippen molar-refractivity contribution < 1.29 is 9.13 Å². The Bertz CT molecular complexity index is 1180. The van der Waals surface area contributed by atoms with Gasteiger partial charge in [-0.05, 0) is 23.3 Å². The standard InChI is InChI=1S/C22H17FN4OS/c1-28-21-20(26-29-27-21)19-17-11-12-22(13-18(17)24-25-19,14-5-3-2-4-6-14)15-7-9-16(23)10-8-15/h2-12H,13H2,1H3,(H,24,25). The van der Waals surface area contributed by atoms with Crippen LogP contribution in [0.2, 0.25) is 0 Å². The first-order valence-electron chi connectivity index (χ1n) is 9.16. The Balaban J connectivity index is 1.65. The largest absolute Gasteiger partial charge is 0.479 e. The maximum Gasteiger partial charge on any atom is 0.255 e. The summed E-state index contributed by atoms with van der Waals surface area (Å²) in [4.78, 5) is 0. The topological polar surface area (TPSA) is 63.7 Å². The number of methoxy groups -OCH3 is 1. The summed E-state index contributed by atoms with van der Waals surface area (Å²) < 4.78 is 27.4. The lowest BCUT2D eigenvalue weighted by molar-refractivity contribution is 0.403. The van der Waals surface area contributed by atoms with Crippen LogP contribution in [0.25, 0.3) is 17.5 Å². The molecule has 5 nitrogen and oxygen atoms in total. The maximum absolute atomic E-state index is 13.6. The van der Waals surface area contributed by atoms with Crippen molar-refractivity contribution >= 4 is 17.8 Å². The molecule has 5 rings (SSSR count). The summed E-state index contributed by atoms with van der Waals surface area (Å²) in [5.41, 5.74) is 5.07. The lowest BCUT2D eigenvalue weighted by Crippen LogP contribution is -2.30. The predicted octanol–water partition coefficient (Wildman–Crippen LogP) is 4.63. The zero-order chi connectivity index (χ0) is 19.8. The van der Waals surface area contributed by atoms with E-state index in [1.54, 1.807) is 7.11 Å². The third kappa shape index (κ3) is 2.86. The molecule has 0 saturated heterocycles. The van der Waals surface area contributed by atoms with E-state index in [4.69, 9.17) is 4.74 Å². The van der Waals surface area contributed by atoms with Crippen molar-refractivity contribution in [3.63, 3.8) is 0 Å². The van der Waals surface area contributed by atoms with Gasteiger partial charge in [-0.25, -0.2) is 4.39 Å². The average Bonchev–Trinajstić information content (AvgIpc) is 3.40. The number of benzene rings is 2. The molecule has 4 aromatic rings. The van der Waals surface area contributed by atoms with Crippen LogP contribution >= 0.6 is 11.7 Å². The first kappa shape index (κ1) is 17.8. The fourth-order valence-corrected chi connectivity index (χ4v) is 4.47. The zero-order valence-electron chi connectivity index (χ0n) is 15.6. The van der Waals surface area contributed by atoms with Gasteiger partial charge >= 0.3 is 0 Å². The summed E-state index contributed by atoms with van der Waals surface area (Å²) in [6, 6.07) is 17.0. The molecular formula is C22H17FN4OS. The summed E-state index contributed by atoms with van der Waals surface area (Å²) in [7, 11) is 1.57. The van der Waals surface area contributed by atoms with Gasteiger partial charge < -0.3 is 4.74 Å². The van der Waals surface area contributed by atoms with Crippen LogP contribution in [0.5, 0.6) is 5.88 Å². The molecule has 0 spiro atoms. The summed E-state index contributed by atoms with van der Waals surface area (Å²) in [6.07, 6.45) is 4.90. The van der Waals surface area contributed by atoms with Crippen LogP contribution in [0.3, 0.4) is 0 Å². The van der Waals surface area contributed by atoms with E-state index >= 15 is 0 Å². The minimum atomic E-state index is -0.420. The molecule has 1 N–H and O–H groups in total. The number of nitrogens with one attached hydrogen (secondary N) is 1. The highest BCUT2D eigenvalue weighted by Gasteiger charge is 2.37. The van der Waals surface area contributed by atoms with Crippen molar-refractivity contribution in [1.82, 2.24) is 18.9 Å². The van der Waals surface area contributed by atoms with E-state index in [9.17, 15) is 4.39 Å². The Labute approximate surface area is 171 Å². The quantitative estimate of drug-likeness (QED) is 0.539. The van der Waals surface area contributed by atoms with E-state index in [2.05, 4.69) is 43.2 Å². The molecule has 2 aromatic carbocycles. The monoisotopic (exact) mass is 404 g/mol. The van der Waals surface area contributed by atoms with E-state index in [1.807, 2.05) is 30.3 Å². The maximum atomic E-state index is 13.6. The van der Waals surface area contributed by atoms with E-state index in [-0.39, 0.29) is 5.82 Å². The molecule has 1 atom stereocenters. The van der Waals surface area contributed by atoms with Gasteiger partial charge in [0.15, 0.2) is 5.69 Å². The second kappa shape index (κ2) is 6.93. The smallest absolute Gasteiger partial charge is 0.255 e. The van der Waals surface area contributed by atoms with Gasteiger partial charge in [0.1, 0.15) is 11.5 Å². The molecule has 2 heterocycles. The highest BCUT2D eigenvalue weighted by molar-refractivity contribution is 6.99. The number of aromatic amines is 1. The molecule has 1 aliphatic rings. The average molecular weight is 404 g/mol. The third-order valence-electron chi connectivity index (χ3n) is 5.40. The third-order valence-corrected chi connectivity index (χ3v) is 5.91. The lowest BCUT2D eigenvalue weighted by Gasteiger charge is -2.34. The number of rotatable bonds is 4. The Kier molecular flexibility index (Phi) is 4.24. The molecule has 29 heavy (non-hydrogen) atoms. The molecule has 7 heteroatoms. The highest BCUT2D eigenvalue weighted by Crippen LogP contribution is 2.43. The normalized spacial score (nSPS) is 17.9. The van der Waals surface area contributed by atoms with E-state index in [0.29, 0.717) is 18.0 Å². The van der Waals surface area contributed by atoms with E-state index < -0.39 is 5.41 Å². The number of H-pyrrole nitrogens is 1. The SMILES string of the molecule is COc1nsnc1-c1n[nH]c2c1C=CC(c1ccccc1)(c1ccc(F)cc1)C2. The predicted molar refractivity (Wildman–Crippen MR) is 110 cm³/mol. The van der Waals surface area contributed by atoms with Crippen molar-refractivity contribution in [2.75, 3.05) is 7.11 Å². The molecule has 0 aliphatic heterocycles. The van der Waals surface area contributed by atoms with Gasteiger partial charge in [0.05, 0.1) is 18.8 Å². The molecule has 2 aromatic heterocycles. The number of ether oxygens (including phenoxy) is 1. The van der Waals surface area contributed by atoms with Crippen molar-refractivity contribution in [3.05, 3.63) is 88.9 Å². The zero-order valence-corrected chi connectivity index (χ0v) is 16.4. The molecule has 0 radical (unpaired) electrons. The van der Waals surface area contributed by atoms with Crippen molar-refractivity contribution in [1.29, 1.82) is 0 Å².